The standard InChI is InChI=1S/C22H22FN3O/c23-19-10-8-18(9-11-19)15-26-22(27)21-13-12-20(16-25-21)24-14-4-7-17-5-2-1-3-6-17/h1-3,5-6,8-13,16,24H,4,7,14-15H2,(H,26,27). The number of hydrogen-bond acceptors (Lipinski definition) is 3. The van der Waals surface area contributed by atoms with Gasteiger partial charge in [0.2, 0.25) is 0 Å². The summed E-state index contributed by atoms with van der Waals surface area (Å²) in [5.41, 5.74) is 3.40. The molecule has 27 heavy (non-hydrogen) atoms. The van der Waals surface area contributed by atoms with Gasteiger partial charge in [-0.25, -0.2) is 9.37 Å². The third-order valence-corrected chi connectivity index (χ3v) is 4.18. The van der Waals surface area contributed by atoms with Crippen molar-refractivity contribution in [3.8, 4) is 0 Å². The minimum absolute atomic E-state index is 0.255. The summed E-state index contributed by atoms with van der Waals surface area (Å²) in [5.74, 6) is -0.548. The smallest absolute Gasteiger partial charge is 0.270 e. The molecule has 1 amide bonds. The predicted molar refractivity (Wildman–Crippen MR) is 105 cm³/mol. The van der Waals surface area contributed by atoms with Gasteiger partial charge >= 0.3 is 0 Å². The Labute approximate surface area is 158 Å². The second-order valence-corrected chi connectivity index (χ2v) is 6.26. The fourth-order valence-electron chi connectivity index (χ4n) is 2.68. The summed E-state index contributed by atoms with van der Waals surface area (Å²) < 4.78 is 12.9. The zero-order valence-electron chi connectivity index (χ0n) is 15.0. The molecular weight excluding hydrogens is 341 g/mol. The Morgan fingerprint density at radius 1 is 0.926 bits per heavy atom. The van der Waals surface area contributed by atoms with E-state index >= 15 is 0 Å². The molecule has 0 aliphatic rings. The number of carbonyl (C=O) groups is 1. The molecule has 0 bridgehead atoms. The molecule has 0 radical (unpaired) electrons. The second kappa shape index (κ2) is 9.48. The number of carbonyl (C=O) groups excluding carboxylic acids is 1. The maximum absolute atomic E-state index is 12.9. The van der Waals surface area contributed by atoms with E-state index in [9.17, 15) is 9.18 Å². The predicted octanol–water partition coefficient (Wildman–Crippen LogP) is 4.20. The van der Waals surface area contributed by atoms with Crippen molar-refractivity contribution in [3.05, 3.63) is 95.6 Å². The van der Waals surface area contributed by atoms with Crippen molar-refractivity contribution in [3.63, 3.8) is 0 Å². The van der Waals surface area contributed by atoms with Gasteiger partial charge in [0.15, 0.2) is 0 Å². The van der Waals surface area contributed by atoms with E-state index in [1.807, 2.05) is 24.3 Å². The van der Waals surface area contributed by atoms with E-state index in [2.05, 4.69) is 27.8 Å². The first-order valence-electron chi connectivity index (χ1n) is 8.97. The molecule has 4 nitrogen and oxygen atoms in total. The Balaban J connectivity index is 1.42. The van der Waals surface area contributed by atoms with Crippen LogP contribution in [-0.2, 0) is 13.0 Å². The zero-order valence-corrected chi connectivity index (χ0v) is 15.0. The summed E-state index contributed by atoms with van der Waals surface area (Å²) in [5, 5.41) is 6.09. The molecule has 0 aliphatic heterocycles. The molecule has 0 saturated heterocycles. The number of hydrogen-bond donors (Lipinski definition) is 2. The average molecular weight is 363 g/mol. The van der Waals surface area contributed by atoms with E-state index in [0.717, 1.165) is 30.6 Å². The van der Waals surface area contributed by atoms with Crippen LogP contribution in [0.25, 0.3) is 0 Å². The van der Waals surface area contributed by atoms with Gasteiger partial charge in [-0.3, -0.25) is 4.79 Å². The van der Waals surface area contributed by atoms with Gasteiger partial charge in [-0.1, -0.05) is 42.5 Å². The monoisotopic (exact) mass is 363 g/mol. The van der Waals surface area contributed by atoms with Crippen molar-refractivity contribution in [1.82, 2.24) is 10.3 Å². The van der Waals surface area contributed by atoms with Crippen LogP contribution in [0.2, 0.25) is 0 Å². The number of aromatic nitrogens is 1. The molecule has 0 saturated carbocycles. The molecular formula is C22H22FN3O. The fourth-order valence-corrected chi connectivity index (χ4v) is 2.68. The van der Waals surface area contributed by atoms with E-state index in [4.69, 9.17) is 0 Å². The highest BCUT2D eigenvalue weighted by atomic mass is 19.1. The van der Waals surface area contributed by atoms with Crippen LogP contribution < -0.4 is 10.6 Å². The summed E-state index contributed by atoms with van der Waals surface area (Å²) in [6.45, 7) is 1.17. The lowest BCUT2D eigenvalue weighted by molar-refractivity contribution is 0.0946. The molecule has 1 aromatic heterocycles. The highest BCUT2D eigenvalue weighted by molar-refractivity contribution is 5.92. The number of nitrogens with one attached hydrogen (secondary N) is 2. The van der Waals surface area contributed by atoms with Gasteiger partial charge in [0, 0.05) is 13.1 Å². The number of aryl methyl sites for hydroxylation is 1. The SMILES string of the molecule is O=C(NCc1ccc(F)cc1)c1ccc(NCCCc2ccccc2)cn1. The molecule has 0 atom stereocenters. The minimum Gasteiger partial charge on any atom is -0.384 e. The van der Waals surface area contributed by atoms with Crippen molar-refractivity contribution in [2.45, 2.75) is 19.4 Å². The van der Waals surface area contributed by atoms with Gasteiger partial charge in [-0.05, 0) is 48.2 Å². The molecule has 1 heterocycles. The number of amides is 1. The topological polar surface area (TPSA) is 54.0 Å². The van der Waals surface area contributed by atoms with Crippen molar-refractivity contribution in [1.29, 1.82) is 0 Å². The van der Waals surface area contributed by atoms with Crippen LogP contribution in [0.5, 0.6) is 0 Å². The number of benzene rings is 2. The molecule has 0 fully saturated rings. The highest BCUT2D eigenvalue weighted by Crippen LogP contribution is 2.08. The lowest BCUT2D eigenvalue weighted by Crippen LogP contribution is -2.23. The van der Waals surface area contributed by atoms with Crippen LogP contribution in [0, 0.1) is 5.82 Å². The lowest BCUT2D eigenvalue weighted by Gasteiger charge is -2.08. The van der Waals surface area contributed by atoms with Crippen LogP contribution in [0.1, 0.15) is 28.0 Å². The van der Waals surface area contributed by atoms with Crippen LogP contribution in [0.15, 0.2) is 72.9 Å². The molecule has 3 aromatic rings. The first-order valence-corrected chi connectivity index (χ1v) is 8.97. The van der Waals surface area contributed by atoms with Gasteiger partial charge in [0.1, 0.15) is 11.5 Å². The van der Waals surface area contributed by atoms with Gasteiger partial charge in [-0.2, -0.15) is 0 Å². The molecule has 0 unspecified atom stereocenters. The summed E-state index contributed by atoms with van der Waals surface area (Å²) in [6, 6.07) is 19.9. The fraction of sp³-hybridized carbons (Fsp3) is 0.182. The molecule has 2 N–H and O–H groups in total. The second-order valence-electron chi connectivity index (χ2n) is 6.26. The van der Waals surface area contributed by atoms with Gasteiger partial charge < -0.3 is 10.6 Å². The molecule has 2 aromatic carbocycles. The number of halogens is 1. The summed E-state index contributed by atoms with van der Waals surface area (Å²) in [4.78, 5) is 16.4. The minimum atomic E-state index is -0.293. The average Bonchev–Trinajstić information content (AvgIpc) is 2.72. The summed E-state index contributed by atoms with van der Waals surface area (Å²) in [7, 11) is 0. The van der Waals surface area contributed by atoms with Crippen molar-refractivity contribution in [2.75, 3.05) is 11.9 Å². The largest absolute Gasteiger partial charge is 0.384 e. The lowest BCUT2D eigenvalue weighted by atomic mass is 10.1. The van der Waals surface area contributed by atoms with Crippen LogP contribution in [0.4, 0.5) is 10.1 Å². The van der Waals surface area contributed by atoms with Gasteiger partial charge in [-0.15, -0.1) is 0 Å². The molecule has 0 spiro atoms. The number of anilines is 1. The van der Waals surface area contributed by atoms with Gasteiger partial charge in [0.25, 0.3) is 5.91 Å². The first-order chi connectivity index (χ1) is 13.2. The third kappa shape index (κ3) is 5.92. The Bertz CT molecular complexity index is 849. The van der Waals surface area contributed by atoms with Crippen molar-refractivity contribution in [2.24, 2.45) is 0 Å². The van der Waals surface area contributed by atoms with Crippen LogP contribution in [0.3, 0.4) is 0 Å². The quantitative estimate of drug-likeness (QED) is 0.590. The summed E-state index contributed by atoms with van der Waals surface area (Å²) >= 11 is 0. The number of rotatable bonds is 8. The van der Waals surface area contributed by atoms with Crippen molar-refractivity contribution < 1.29 is 9.18 Å². The Kier molecular flexibility index (Phi) is 6.52. The number of pyridine rings is 1. The van der Waals surface area contributed by atoms with E-state index in [0.29, 0.717) is 12.2 Å². The van der Waals surface area contributed by atoms with Crippen LogP contribution in [-0.4, -0.2) is 17.4 Å². The maximum atomic E-state index is 12.9. The van der Waals surface area contributed by atoms with E-state index in [1.165, 1.54) is 17.7 Å². The maximum Gasteiger partial charge on any atom is 0.270 e. The van der Waals surface area contributed by atoms with E-state index < -0.39 is 0 Å². The molecule has 0 aliphatic carbocycles. The highest BCUT2D eigenvalue weighted by Gasteiger charge is 2.07. The Morgan fingerprint density at radius 2 is 1.70 bits per heavy atom. The van der Waals surface area contributed by atoms with E-state index in [1.54, 1.807) is 24.4 Å². The third-order valence-electron chi connectivity index (χ3n) is 4.18. The first kappa shape index (κ1) is 18.6. The van der Waals surface area contributed by atoms with E-state index in [-0.39, 0.29) is 11.7 Å². The molecule has 5 heteroatoms. The Hall–Kier alpha value is -3.21. The van der Waals surface area contributed by atoms with Crippen molar-refractivity contribution >= 4 is 11.6 Å². The summed E-state index contributed by atoms with van der Waals surface area (Å²) in [6.07, 6.45) is 3.70. The van der Waals surface area contributed by atoms with Gasteiger partial charge in [0.05, 0.1) is 11.9 Å². The molecule has 3 rings (SSSR count). The zero-order chi connectivity index (χ0) is 18.9. The van der Waals surface area contributed by atoms with Crippen LogP contribution >= 0.6 is 0 Å². The number of nitrogens with zero attached hydrogens (tertiary/aromatic N) is 1. The Morgan fingerprint density at radius 3 is 2.41 bits per heavy atom. The molecule has 138 valence electrons. The normalized spacial score (nSPS) is 10.4.